The van der Waals surface area contributed by atoms with Crippen molar-refractivity contribution in [2.45, 2.75) is 38.6 Å². The van der Waals surface area contributed by atoms with Gasteiger partial charge in [-0.15, -0.1) is 0 Å². The number of fused-ring (bicyclic) bond motifs is 1. The lowest BCUT2D eigenvalue weighted by molar-refractivity contribution is 0.235. The van der Waals surface area contributed by atoms with Crippen LogP contribution >= 0.6 is 0 Å². The van der Waals surface area contributed by atoms with Gasteiger partial charge < -0.3 is 9.17 Å². The first-order chi connectivity index (χ1) is 12.9. The average molecular weight is 387 g/mol. The van der Waals surface area contributed by atoms with Gasteiger partial charge in [-0.05, 0) is 62.8 Å². The summed E-state index contributed by atoms with van der Waals surface area (Å²) in [6.45, 7) is 10.2. The molecule has 1 heterocycles. The van der Waals surface area contributed by atoms with Crippen LogP contribution in [0.2, 0.25) is 0 Å². The number of aromatic amines is 1. The molecule has 1 N–H and O–H groups in total. The number of hydrogen-bond donors (Lipinski definition) is 1. The maximum absolute atomic E-state index is 12.6. The fourth-order valence-electron chi connectivity index (χ4n) is 3.37. The molecule has 2 aromatic carbocycles. The third kappa shape index (κ3) is 4.01. The van der Waals surface area contributed by atoms with Crippen LogP contribution < -0.4 is 4.18 Å². The smallest absolute Gasteiger partial charge is 0.339 e. The molecule has 0 fully saturated rings. The van der Waals surface area contributed by atoms with Gasteiger partial charge in [-0.3, -0.25) is 4.90 Å². The number of nitrogens with zero attached hydrogens (tertiary/aromatic N) is 1. The summed E-state index contributed by atoms with van der Waals surface area (Å²) < 4.78 is 30.5. The maximum Gasteiger partial charge on any atom is 0.339 e. The van der Waals surface area contributed by atoms with Gasteiger partial charge in [-0.2, -0.15) is 8.42 Å². The fraction of sp³-hybridized carbons (Fsp3) is 0.333. The zero-order valence-electron chi connectivity index (χ0n) is 16.2. The van der Waals surface area contributed by atoms with E-state index < -0.39 is 10.1 Å². The molecule has 0 saturated carbocycles. The Labute approximate surface area is 161 Å². The average Bonchev–Trinajstić information content (AvgIpc) is 3.06. The van der Waals surface area contributed by atoms with Gasteiger partial charge in [0.1, 0.15) is 10.6 Å². The highest BCUT2D eigenvalue weighted by atomic mass is 32.2. The molecule has 5 nitrogen and oxygen atoms in total. The summed E-state index contributed by atoms with van der Waals surface area (Å²) in [6, 6.07) is 12.2. The molecule has 1 unspecified atom stereocenters. The Balaban J connectivity index is 1.94. The van der Waals surface area contributed by atoms with E-state index in [1.807, 2.05) is 19.2 Å². The Kier molecular flexibility index (Phi) is 5.58. The van der Waals surface area contributed by atoms with Crippen LogP contribution in [0.5, 0.6) is 5.75 Å². The van der Waals surface area contributed by atoms with E-state index in [0.717, 1.165) is 35.1 Å². The predicted molar refractivity (Wildman–Crippen MR) is 109 cm³/mol. The van der Waals surface area contributed by atoms with Crippen LogP contribution in [0.3, 0.4) is 0 Å². The third-order valence-corrected chi connectivity index (χ3v) is 6.27. The second-order valence-electron chi connectivity index (χ2n) is 6.70. The lowest BCUT2D eigenvalue weighted by Crippen LogP contribution is -2.26. The summed E-state index contributed by atoms with van der Waals surface area (Å²) in [5.74, 6) is 0.315. The van der Waals surface area contributed by atoms with Gasteiger partial charge in [0.15, 0.2) is 0 Å². The molecule has 3 rings (SSSR count). The first kappa shape index (κ1) is 19.5. The summed E-state index contributed by atoms with van der Waals surface area (Å²) in [4.78, 5) is 5.77. The Morgan fingerprint density at radius 3 is 2.37 bits per heavy atom. The number of aromatic nitrogens is 1. The van der Waals surface area contributed by atoms with Crippen molar-refractivity contribution in [3.05, 3.63) is 59.8 Å². The van der Waals surface area contributed by atoms with E-state index in [9.17, 15) is 8.42 Å². The largest absolute Gasteiger partial charge is 0.379 e. The van der Waals surface area contributed by atoms with Gasteiger partial charge in [-0.1, -0.05) is 31.5 Å². The van der Waals surface area contributed by atoms with Crippen molar-refractivity contribution < 1.29 is 12.6 Å². The number of benzene rings is 2. The van der Waals surface area contributed by atoms with E-state index in [-0.39, 0.29) is 10.9 Å². The summed E-state index contributed by atoms with van der Waals surface area (Å²) >= 11 is 0. The second kappa shape index (κ2) is 7.74. The minimum absolute atomic E-state index is 0.152. The van der Waals surface area contributed by atoms with Gasteiger partial charge in [0.05, 0.1) is 0 Å². The van der Waals surface area contributed by atoms with Gasteiger partial charge in [0, 0.05) is 23.1 Å². The molecule has 0 aliphatic rings. The quantitative estimate of drug-likeness (QED) is 0.601. The summed E-state index contributed by atoms with van der Waals surface area (Å²) in [6.07, 6.45) is 1.99. The SMILES string of the molecule is CCN(CC)C(C)c1c[nH]c2ccc(OS(=O)(=O)c3ccc(C)cc3)cc12. The summed E-state index contributed by atoms with van der Waals surface area (Å²) in [7, 11) is -3.86. The molecule has 0 bridgehead atoms. The van der Waals surface area contributed by atoms with E-state index in [2.05, 4.69) is 30.7 Å². The lowest BCUT2D eigenvalue weighted by atomic mass is 10.1. The van der Waals surface area contributed by atoms with Crippen molar-refractivity contribution in [2.24, 2.45) is 0 Å². The lowest BCUT2D eigenvalue weighted by Gasteiger charge is -2.26. The van der Waals surface area contributed by atoms with Crippen LogP contribution in [0.4, 0.5) is 0 Å². The van der Waals surface area contributed by atoms with Crippen LogP contribution in [-0.4, -0.2) is 31.4 Å². The van der Waals surface area contributed by atoms with E-state index in [4.69, 9.17) is 4.18 Å². The van der Waals surface area contributed by atoms with Gasteiger partial charge in [-0.25, -0.2) is 0 Å². The molecule has 0 saturated heterocycles. The maximum atomic E-state index is 12.6. The Hall–Kier alpha value is -2.31. The van der Waals surface area contributed by atoms with Crippen LogP contribution in [-0.2, 0) is 10.1 Å². The van der Waals surface area contributed by atoms with Crippen LogP contribution in [0.15, 0.2) is 53.6 Å². The van der Waals surface area contributed by atoms with E-state index in [1.165, 1.54) is 0 Å². The summed E-state index contributed by atoms with van der Waals surface area (Å²) in [5, 5.41) is 0.978. The molecule has 0 aliphatic carbocycles. The van der Waals surface area contributed by atoms with Crippen LogP contribution in [0, 0.1) is 6.92 Å². The molecule has 6 heteroatoms. The standard InChI is InChI=1S/C21H26N2O3S/c1-5-23(6-2)16(4)20-14-22-21-12-9-17(13-19(20)21)26-27(24,25)18-10-7-15(3)8-11-18/h7-14,16,22H,5-6H2,1-4H3. The number of hydrogen-bond acceptors (Lipinski definition) is 4. The summed E-state index contributed by atoms with van der Waals surface area (Å²) in [5.41, 5.74) is 3.09. The van der Waals surface area contributed by atoms with Crippen molar-refractivity contribution >= 4 is 21.0 Å². The van der Waals surface area contributed by atoms with Crippen molar-refractivity contribution in [1.29, 1.82) is 0 Å². The van der Waals surface area contributed by atoms with Crippen molar-refractivity contribution in [2.75, 3.05) is 13.1 Å². The third-order valence-electron chi connectivity index (χ3n) is 5.01. The number of aryl methyl sites for hydroxylation is 1. The highest BCUT2D eigenvalue weighted by Gasteiger charge is 2.19. The zero-order chi connectivity index (χ0) is 19.6. The Bertz CT molecular complexity index is 1020. The first-order valence-electron chi connectivity index (χ1n) is 9.22. The fourth-order valence-corrected chi connectivity index (χ4v) is 4.29. The van der Waals surface area contributed by atoms with Gasteiger partial charge in [0.2, 0.25) is 0 Å². The van der Waals surface area contributed by atoms with E-state index >= 15 is 0 Å². The van der Waals surface area contributed by atoms with Crippen LogP contribution in [0.25, 0.3) is 10.9 Å². The van der Waals surface area contributed by atoms with Crippen LogP contribution in [0.1, 0.15) is 37.9 Å². The molecular weight excluding hydrogens is 360 g/mol. The minimum atomic E-state index is -3.86. The molecule has 144 valence electrons. The monoisotopic (exact) mass is 386 g/mol. The highest BCUT2D eigenvalue weighted by Crippen LogP contribution is 2.31. The molecule has 3 aromatic rings. The number of H-pyrrole nitrogens is 1. The molecular formula is C21H26N2O3S. The van der Waals surface area contributed by atoms with E-state index in [1.54, 1.807) is 36.4 Å². The molecule has 27 heavy (non-hydrogen) atoms. The number of nitrogens with one attached hydrogen (secondary N) is 1. The number of rotatable bonds is 7. The first-order valence-corrected chi connectivity index (χ1v) is 10.6. The molecule has 1 atom stereocenters. The molecule has 0 aliphatic heterocycles. The van der Waals surface area contributed by atoms with Crippen molar-refractivity contribution in [3.63, 3.8) is 0 Å². The van der Waals surface area contributed by atoms with Gasteiger partial charge >= 0.3 is 10.1 Å². The Morgan fingerprint density at radius 1 is 1.07 bits per heavy atom. The molecule has 0 spiro atoms. The molecule has 1 aromatic heterocycles. The Morgan fingerprint density at radius 2 is 1.74 bits per heavy atom. The topological polar surface area (TPSA) is 62.4 Å². The van der Waals surface area contributed by atoms with Gasteiger partial charge in [0.25, 0.3) is 0 Å². The zero-order valence-corrected chi connectivity index (χ0v) is 17.0. The molecule has 0 amide bonds. The second-order valence-corrected chi connectivity index (χ2v) is 8.25. The highest BCUT2D eigenvalue weighted by molar-refractivity contribution is 7.87. The predicted octanol–water partition coefficient (Wildman–Crippen LogP) is 4.65. The normalized spacial score (nSPS) is 13.2. The van der Waals surface area contributed by atoms with E-state index in [0.29, 0.717) is 5.75 Å². The van der Waals surface area contributed by atoms with Crippen molar-refractivity contribution in [1.82, 2.24) is 9.88 Å². The molecule has 0 radical (unpaired) electrons. The minimum Gasteiger partial charge on any atom is -0.379 e. The van der Waals surface area contributed by atoms with Crippen molar-refractivity contribution in [3.8, 4) is 5.75 Å².